The number of amides is 1. The second-order valence-electron chi connectivity index (χ2n) is 10.8. The highest BCUT2D eigenvalue weighted by atomic mass is 32.1. The Labute approximate surface area is 260 Å². The number of hydrogen-bond acceptors (Lipinski definition) is 8. The minimum absolute atomic E-state index is 0.0111. The zero-order chi connectivity index (χ0) is 29.6. The standard InChI is InChI=1S/C34H35NO6S2/c1-38-30-16-15-24-20-35(33(36)31(23-9-3-2-4-10-23)41-25-11-5-6-12-25)29(34(37)40-22-27-14-8-18-43-27)19-28(24)32(30)39-21-26-13-7-17-42-26/h2-4,7-10,13-18,25,29,31H,5-6,11-12,19-22H2,1H3/t29-,31-/m0/s1. The van der Waals surface area contributed by atoms with E-state index in [-0.39, 0.29) is 31.6 Å². The summed E-state index contributed by atoms with van der Waals surface area (Å²) < 4.78 is 24.3. The molecule has 0 spiro atoms. The van der Waals surface area contributed by atoms with Gasteiger partial charge in [0.15, 0.2) is 17.6 Å². The van der Waals surface area contributed by atoms with Crippen LogP contribution in [0, 0.1) is 0 Å². The maximum absolute atomic E-state index is 14.5. The van der Waals surface area contributed by atoms with Gasteiger partial charge in [-0.1, -0.05) is 61.4 Å². The predicted octanol–water partition coefficient (Wildman–Crippen LogP) is 7.09. The topological polar surface area (TPSA) is 74.3 Å². The van der Waals surface area contributed by atoms with E-state index in [4.69, 9.17) is 18.9 Å². The minimum atomic E-state index is -0.852. The van der Waals surface area contributed by atoms with E-state index >= 15 is 0 Å². The monoisotopic (exact) mass is 617 g/mol. The lowest BCUT2D eigenvalue weighted by molar-refractivity contribution is -0.164. The van der Waals surface area contributed by atoms with Gasteiger partial charge in [0.1, 0.15) is 19.3 Å². The van der Waals surface area contributed by atoms with Crippen molar-refractivity contribution in [2.24, 2.45) is 0 Å². The number of nitrogens with zero attached hydrogens (tertiary/aromatic N) is 1. The molecule has 0 unspecified atom stereocenters. The third kappa shape index (κ3) is 6.79. The molecule has 0 N–H and O–H groups in total. The highest BCUT2D eigenvalue weighted by molar-refractivity contribution is 7.10. The molecule has 43 heavy (non-hydrogen) atoms. The zero-order valence-corrected chi connectivity index (χ0v) is 25.7. The largest absolute Gasteiger partial charge is 0.493 e. The summed E-state index contributed by atoms with van der Waals surface area (Å²) in [5.74, 6) is 0.497. The first-order valence-electron chi connectivity index (χ1n) is 14.6. The Morgan fingerprint density at radius 3 is 2.30 bits per heavy atom. The normalized spacial score (nSPS) is 17.3. The van der Waals surface area contributed by atoms with Crippen molar-refractivity contribution < 1.29 is 28.5 Å². The van der Waals surface area contributed by atoms with Crippen LogP contribution in [0.1, 0.15) is 58.2 Å². The molecule has 6 rings (SSSR count). The van der Waals surface area contributed by atoms with E-state index in [1.807, 2.05) is 77.5 Å². The van der Waals surface area contributed by atoms with Crippen LogP contribution in [0.25, 0.3) is 0 Å². The van der Waals surface area contributed by atoms with Crippen molar-refractivity contribution in [3.05, 3.63) is 104 Å². The van der Waals surface area contributed by atoms with Crippen LogP contribution in [0.3, 0.4) is 0 Å². The second-order valence-corrected chi connectivity index (χ2v) is 12.9. The fraction of sp³-hybridized carbons (Fsp3) is 0.353. The molecule has 0 radical (unpaired) electrons. The van der Waals surface area contributed by atoms with Gasteiger partial charge in [0.05, 0.1) is 13.2 Å². The number of rotatable bonds is 11. The average molecular weight is 618 g/mol. The molecule has 1 aliphatic heterocycles. The molecule has 1 saturated carbocycles. The Bertz CT molecular complexity index is 1500. The number of benzene rings is 2. The number of carbonyl (C=O) groups excluding carboxylic acids is 2. The van der Waals surface area contributed by atoms with Gasteiger partial charge in [-0.05, 0) is 52.9 Å². The molecule has 4 aromatic rings. The SMILES string of the molecule is COc1ccc2c(c1OCc1cccs1)C[C@@H](C(=O)OCc1cccs1)N(C(=O)[C@@H](OC1CCCC1)c1ccccc1)C2. The van der Waals surface area contributed by atoms with Gasteiger partial charge in [0, 0.05) is 28.3 Å². The number of thiophene rings is 2. The summed E-state index contributed by atoms with van der Waals surface area (Å²) in [6.07, 6.45) is 3.47. The third-order valence-corrected chi connectivity index (χ3v) is 9.74. The Balaban J connectivity index is 1.34. The quantitative estimate of drug-likeness (QED) is 0.167. The summed E-state index contributed by atoms with van der Waals surface area (Å²) in [4.78, 5) is 31.9. The van der Waals surface area contributed by atoms with Gasteiger partial charge >= 0.3 is 5.97 Å². The summed E-state index contributed by atoms with van der Waals surface area (Å²) in [6.45, 7) is 0.762. The van der Waals surface area contributed by atoms with E-state index in [2.05, 4.69) is 0 Å². The molecule has 9 heteroatoms. The van der Waals surface area contributed by atoms with E-state index in [9.17, 15) is 9.59 Å². The zero-order valence-electron chi connectivity index (χ0n) is 24.1. The molecule has 1 amide bonds. The van der Waals surface area contributed by atoms with Crippen molar-refractivity contribution >= 4 is 34.6 Å². The maximum atomic E-state index is 14.5. The Morgan fingerprint density at radius 2 is 1.63 bits per heavy atom. The minimum Gasteiger partial charge on any atom is -0.493 e. The molecule has 2 atom stereocenters. The van der Waals surface area contributed by atoms with Crippen LogP contribution >= 0.6 is 22.7 Å². The Hall–Kier alpha value is -3.66. The van der Waals surface area contributed by atoms with Crippen molar-refractivity contribution in [2.75, 3.05) is 7.11 Å². The number of carbonyl (C=O) groups is 2. The van der Waals surface area contributed by atoms with Gasteiger partial charge < -0.3 is 23.8 Å². The fourth-order valence-electron chi connectivity index (χ4n) is 5.82. The molecule has 1 aliphatic carbocycles. The smallest absolute Gasteiger partial charge is 0.329 e. The lowest BCUT2D eigenvalue weighted by Crippen LogP contribution is -2.51. The molecule has 224 valence electrons. The molecule has 3 heterocycles. The molecule has 1 fully saturated rings. The first-order valence-corrected chi connectivity index (χ1v) is 16.4. The molecule has 0 bridgehead atoms. The van der Waals surface area contributed by atoms with Crippen LogP contribution in [0.4, 0.5) is 0 Å². The molecule has 2 aromatic carbocycles. The highest BCUT2D eigenvalue weighted by Gasteiger charge is 2.41. The van der Waals surface area contributed by atoms with Crippen molar-refractivity contribution in [2.45, 2.75) is 70.1 Å². The van der Waals surface area contributed by atoms with Gasteiger partial charge in [0.2, 0.25) is 0 Å². The molecule has 7 nitrogen and oxygen atoms in total. The molecule has 0 saturated heterocycles. The maximum Gasteiger partial charge on any atom is 0.329 e. The molecular weight excluding hydrogens is 583 g/mol. The average Bonchev–Trinajstić information content (AvgIpc) is 3.85. The summed E-state index contributed by atoms with van der Waals surface area (Å²) >= 11 is 3.14. The first kappa shape index (κ1) is 29.4. The number of esters is 1. The van der Waals surface area contributed by atoms with Crippen LogP contribution in [0.15, 0.2) is 77.5 Å². The molecular formula is C34H35NO6S2. The van der Waals surface area contributed by atoms with Crippen LogP contribution in [-0.2, 0) is 45.2 Å². The van der Waals surface area contributed by atoms with Crippen molar-refractivity contribution in [1.29, 1.82) is 0 Å². The van der Waals surface area contributed by atoms with Gasteiger partial charge in [-0.15, -0.1) is 22.7 Å². The number of hydrogen-bond donors (Lipinski definition) is 0. The number of fused-ring (bicyclic) bond motifs is 1. The van der Waals surface area contributed by atoms with Crippen molar-refractivity contribution in [3.63, 3.8) is 0 Å². The second kappa shape index (κ2) is 13.8. The Kier molecular flexibility index (Phi) is 9.41. The van der Waals surface area contributed by atoms with E-state index in [0.29, 0.717) is 18.1 Å². The van der Waals surface area contributed by atoms with E-state index in [1.54, 1.807) is 23.3 Å². The molecule has 2 aliphatic rings. The van der Waals surface area contributed by atoms with Crippen LogP contribution in [0.2, 0.25) is 0 Å². The third-order valence-electron chi connectivity index (χ3n) is 8.04. The van der Waals surface area contributed by atoms with E-state index in [1.165, 1.54) is 11.3 Å². The summed E-state index contributed by atoms with van der Waals surface area (Å²) in [6, 6.07) is 20.4. The number of methoxy groups -OCH3 is 1. The van der Waals surface area contributed by atoms with Crippen LogP contribution < -0.4 is 9.47 Å². The fourth-order valence-corrected chi connectivity index (χ4v) is 7.06. The van der Waals surface area contributed by atoms with Gasteiger partial charge in [-0.2, -0.15) is 0 Å². The van der Waals surface area contributed by atoms with Gasteiger partial charge in [0.25, 0.3) is 5.91 Å². The van der Waals surface area contributed by atoms with Crippen molar-refractivity contribution in [3.8, 4) is 11.5 Å². The van der Waals surface area contributed by atoms with Gasteiger partial charge in [-0.3, -0.25) is 4.79 Å². The highest BCUT2D eigenvalue weighted by Crippen LogP contribution is 2.40. The Morgan fingerprint density at radius 1 is 0.907 bits per heavy atom. The molecule has 2 aromatic heterocycles. The van der Waals surface area contributed by atoms with Crippen molar-refractivity contribution in [1.82, 2.24) is 4.90 Å². The summed E-state index contributed by atoms with van der Waals surface area (Å²) in [5.41, 5.74) is 2.54. The predicted molar refractivity (Wildman–Crippen MR) is 166 cm³/mol. The summed E-state index contributed by atoms with van der Waals surface area (Å²) in [7, 11) is 1.61. The summed E-state index contributed by atoms with van der Waals surface area (Å²) in [5, 5.41) is 3.96. The lowest BCUT2D eigenvalue weighted by atomic mass is 9.91. The number of ether oxygens (including phenoxy) is 4. The van der Waals surface area contributed by atoms with Crippen LogP contribution in [-0.4, -0.2) is 36.0 Å². The van der Waals surface area contributed by atoms with Gasteiger partial charge in [-0.25, -0.2) is 4.79 Å². The van der Waals surface area contributed by atoms with E-state index < -0.39 is 18.1 Å². The lowest BCUT2D eigenvalue weighted by Gasteiger charge is -2.38. The van der Waals surface area contributed by atoms with Crippen LogP contribution in [0.5, 0.6) is 11.5 Å². The van der Waals surface area contributed by atoms with E-state index in [0.717, 1.165) is 52.1 Å². The first-order chi connectivity index (χ1) is 21.1.